The van der Waals surface area contributed by atoms with Gasteiger partial charge in [0.15, 0.2) is 0 Å². The van der Waals surface area contributed by atoms with Gasteiger partial charge in [0, 0.05) is 0 Å². The summed E-state index contributed by atoms with van der Waals surface area (Å²) >= 11 is -0.149. The zero-order chi connectivity index (χ0) is 8.20. The van der Waals surface area contributed by atoms with Crippen molar-refractivity contribution in [1.29, 1.82) is 0 Å². The monoisotopic (exact) mass is 163 g/mol. The van der Waals surface area contributed by atoms with E-state index in [0.29, 0.717) is 0 Å². The van der Waals surface area contributed by atoms with Crippen molar-refractivity contribution in [2.75, 3.05) is 0 Å². The summed E-state index contributed by atoms with van der Waals surface area (Å²) < 4.78 is 17.2. The van der Waals surface area contributed by atoms with Crippen LogP contribution < -0.4 is 0 Å². The number of amides is 1. The molecule has 0 saturated carbocycles. The molecule has 0 fully saturated rings. The van der Waals surface area contributed by atoms with Crippen LogP contribution >= 0.6 is 0 Å². The van der Waals surface area contributed by atoms with Crippen LogP contribution in [0.1, 0.15) is 20.8 Å². The van der Waals surface area contributed by atoms with Crippen LogP contribution in [0, 0.1) is 0 Å². The summed E-state index contributed by atoms with van der Waals surface area (Å²) in [6.07, 6.45) is -0.826. The Hall–Kier alpha value is -0.710. The molecule has 0 aromatic carbocycles. The van der Waals surface area contributed by atoms with Gasteiger partial charge in [-0.25, -0.2) is 4.79 Å². The topological polar surface area (TPSA) is 55.7 Å². The molecule has 5 heteroatoms. The van der Waals surface area contributed by atoms with Gasteiger partial charge in [-0.3, -0.25) is 0 Å². The molecule has 0 aliphatic carbocycles. The van der Waals surface area contributed by atoms with Crippen LogP contribution in [0.3, 0.4) is 0 Å². The molecule has 10 heavy (non-hydrogen) atoms. The average molecular weight is 163 g/mol. The Morgan fingerprint density at radius 1 is 1.50 bits per heavy atom. The third kappa shape index (κ3) is 5.43. The smallest absolute Gasteiger partial charge is 0.442 e. The van der Waals surface area contributed by atoms with Gasteiger partial charge in [-0.15, -0.1) is 0 Å². The van der Waals surface area contributed by atoms with Crippen LogP contribution in [0.5, 0.6) is 0 Å². The molecule has 0 rings (SSSR count). The average Bonchev–Trinajstić information content (AvgIpc) is 1.59. The van der Waals surface area contributed by atoms with Crippen molar-refractivity contribution in [3.63, 3.8) is 0 Å². The first-order chi connectivity index (χ1) is 4.45. The van der Waals surface area contributed by atoms with Gasteiger partial charge in [-0.05, 0) is 20.8 Å². The number of nitrogens with zero attached hydrogens (tertiary/aromatic N) is 1. The van der Waals surface area contributed by atoms with Crippen molar-refractivity contribution >= 4 is 17.6 Å². The van der Waals surface area contributed by atoms with Crippen LogP contribution in [0.4, 0.5) is 4.79 Å². The van der Waals surface area contributed by atoms with Crippen LogP contribution in [-0.2, 0) is 16.2 Å². The summed E-state index contributed by atoms with van der Waals surface area (Å²) in [7, 11) is 0. The molecular weight excluding hydrogens is 154 g/mol. The number of ether oxygens (including phenoxy) is 1. The van der Waals surface area contributed by atoms with Gasteiger partial charge >= 0.3 is 6.09 Å². The fourth-order valence-electron chi connectivity index (χ4n) is 0.311. The van der Waals surface area contributed by atoms with E-state index >= 15 is 0 Å². The molecule has 0 aromatic rings. The van der Waals surface area contributed by atoms with Crippen LogP contribution in [-0.4, -0.2) is 15.9 Å². The minimum atomic E-state index is -0.826. The van der Waals surface area contributed by atoms with Gasteiger partial charge in [0.1, 0.15) is 5.60 Å². The zero-order valence-electron chi connectivity index (χ0n) is 6.08. The molecule has 0 N–H and O–H groups in total. The van der Waals surface area contributed by atoms with Crippen LogP contribution in [0.2, 0.25) is 0 Å². The second-order valence-corrected chi connectivity index (χ2v) is 2.98. The highest BCUT2D eigenvalue weighted by Crippen LogP contribution is 2.07. The summed E-state index contributed by atoms with van der Waals surface area (Å²) in [4.78, 5) is 10.4. The van der Waals surface area contributed by atoms with E-state index in [4.69, 9.17) is 0 Å². The van der Waals surface area contributed by atoms with Crippen molar-refractivity contribution in [1.82, 2.24) is 0 Å². The van der Waals surface area contributed by atoms with Gasteiger partial charge in [0.25, 0.3) is 0 Å². The number of carbonyl (C=O) groups is 1. The maximum atomic E-state index is 10.4. The normalized spacial score (nSPS) is 10.3. The molecule has 0 aliphatic heterocycles. The van der Waals surface area contributed by atoms with E-state index in [1.54, 1.807) is 20.8 Å². The molecule has 0 spiro atoms. The summed E-state index contributed by atoms with van der Waals surface area (Å²) in [5.41, 5.74) is -0.573. The third-order valence-electron chi connectivity index (χ3n) is 0.505. The van der Waals surface area contributed by atoms with Gasteiger partial charge in [-0.1, -0.05) is 4.36 Å². The summed E-state index contributed by atoms with van der Waals surface area (Å²) in [6.45, 7) is 5.11. The molecule has 0 bridgehead atoms. The fraction of sp³-hybridized carbons (Fsp3) is 0.800. The van der Waals surface area contributed by atoms with E-state index < -0.39 is 11.7 Å². The van der Waals surface area contributed by atoms with Crippen molar-refractivity contribution in [3.05, 3.63) is 0 Å². The molecule has 4 nitrogen and oxygen atoms in total. The standard InChI is InChI=1S/C5H9NO3S/c1-5(2,3)9-4(7)6-10-8/h1-3H3. The maximum Gasteiger partial charge on any atom is 0.447 e. The zero-order valence-corrected chi connectivity index (χ0v) is 6.90. The summed E-state index contributed by atoms with van der Waals surface area (Å²) in [6, 6.07) is 0. The lowest BCUT2D eigenvalue weighted by atomic mass is 10.2. The first-order valence-corrected chi connectivity index (χ1v) is 3.38. The second-order valence-electron chi connectivity index (χ2n) is 2.65. The Labute approximate surface area is 62.8 Å². The Bertz CT molecular complexity index is 178. The van der Waals surface area contributed by atoms with E-state index in [1.165, 1.54) is 0 Å². The van der Waals surface area contributed by atoms with Crippen LogP contribution in [0.15, 0.2) is 4.36 Å². The summed E-state index contributed by atoms with van der Waals surface area (Å²) in [5.74, 6) is 0. The maximum absolute atomic E-state index is 10.4. The van der Waals surface area contributed by atoms with E-state index in [-0.39, 0.29) is 11.5 Å². The fourth-order valence-corrected chi connectivity index (χ4v) is 0.409. The van der Waals surface area contributed by atoms with E-state index in [1.807, 2.05) is 0 Å². The number of rotatable bonds is 0. The predicted octanol–water partition coefficient (Wildman–Crippen LogP) is 1.32. The minimum absolute atomic E-state index is 0.149. The van der Waals surface area contributed by atoms with E-state index in [9.17, 15) is 9.00 Å². The predicted molar refractivity (Wildman–Crippen MR) is 36.8 cm³/mol. The molecule has 0 atom stereocenters. The number of carbonyl (C=O) groups excluding carboxylic acids is 1. The minimum Gasteiger partial charge on any atom is -0.442 e. The Morgan fingerprint density at radius 3 is 2.30 bits per heavy atom. The first kappa shape index (κ1) is 9.29. The lowest BCUT2D eigenvalue weighted by Crippen LogP contribution is -2.21. The highest BCUT2D eigenvalue weighted by Gasteiger charge is 2.14. The van der Waals surface area contributed by atoms with E-state index in [2.05, 4.69) is 9.10 Å². The van der Waals surface area contributed by atoms with E-state index in [0.717, 1.165) is 0 Å². The van der Waals surface area contributed by atoms with Crippen LogP contribution in [0.25, 0.3) is 0 Å². The Balaban J connectivity index is 3.92. The number of hydrogen-bond acceptors (Lipinski definition) is 3. The van der Waals surface area contributed by atoms with Crippen molar-refractivity contribution in [2.45, 2.75) is 26.4 Å². The molecule has 0 aliphatic rings. The highest BCUT2D eigenvalue weighted by atomic mass is 32.1. The molecule has 58 valence electrons. The molecule has 0 saturated heterocycles. The molecule has 0 unspecified atom stereocenters. The molecular formula is C5H9NO3S. The quantitative estimate of drug-likeness (QED) is 0.541. The van der Waals surface area contributed by atoms with Crippen molar-refractivity contribution in [2.24, 2.45) is 4.36 Å². The first-order valence-electron chi connectivity index (χ1n) is 2.69. The van der Waals surface area contributed by atoms with Gasteiger partial charge in [0.2, 0.25) is 11.5 Å². The molecule has 0 radical (unpaired) electrons. The Morgan fingerprint density at radius 2 is 2.00 bits per heavy atom. The number of hydrogen-bond donors (Lipinski definition) is 0. The molecule has 1 amide bonds. The Kier molecular flexibility index (Phi) is 3.21. The van der Waals surface area contributed by atoms with Gasteiger partial charge in [-0.2, -0.15) is 4.21 Å². The van der Waals surface area contributed by atoms with Gasteiger partial charge < -0.3 is 4.74 Å². The van der Waals surface area contributed by atoms with Gasteiger partial charge in [0.05, 0.1) is 0 Å². The highest BCUT2D eigenvalue weighted by molar-refractivity contribution is 7.55. The third-order valence-corrected chi connectivity index (χ3v) is 0.729. The molecule has 0 aromatic heterocycles. The summed E-state index contributed by atoms with van der Waals surface area (Å²) in [5, 5.41) is 0. The molecule has 0 heterocycles. The van der Waals surface area contributed by atoms with Crippen molar-refractivity contribution in [3.8, 4) is 0 Å². The second kappa shape index (κ2) is 3.46. The lowest BCUT2D eigenvalue weighted by molar-refractivity contribution is 0.0608. The largest absolute Gasteiger partial charge is 0.447 e. The van der Waals surface area contributed by atoms with Crippen molar-refractivity contribution < 1.29 is 13.7 Å². The SMILES string of the molecule is CC(C)(C)OC(=O)N=S=O. The lowest BCUT2D eigenvalue weighted by Gasteiger charge is -2.16.